The van der Waals surface area contributed by atoms with E-state index in [1.165, 1.54) is 7.11 Å². The van der Waals surface area contributed by atoms with E-state index in [4.69, 9.17) is 47.4 Å². The fourth-order valence-electron chi connectivity index (χ4n) is 5.45. The third-order valence-corrected chi connectivity index (χ3v) is 7.44. The number of hydrogen-bond donors (Lipinski definition) is 0. The number of carbonyl (C=O) groups is 4. The van der Waals surface area contributed by atoms with Gasteiger partial charge in [-0.05, 0) is 11.1 Å². The molecule has 0 bridgehead atoms. The molecule has 0 spiro atoms. The van der Waals surface area contributed by atoms with Crippen molar-refractivity contribution in [1.29, 1.82) is 0 Å². The summed E-state index contributed by atoms with van der Waals surface area (Å²) in [6.07, 6.45) is -9.86. The maximum atomic E-state index is 12.4. The number of benzene rings is 2. The fourth-order valence-corrected chi connectivity index (χ4v) is 5.45. The van der Waals surface area contributed by atoms with E-state index >= 15 is 0 Å². The second-order valence-electron chi connectivity index (χ2n) is 11.2. The Bertz CT molecular complexity index is 1340. The Labute approximate surface area is 278 Å². The summed E-state index contributed by atoms with van der Waals surface area (Å²) in [7, 11) is 1.49. The lowest BCUT2D eigenvalue weighted by atomic mass is 9.96. The molecule has 0 aromatic heterocycles. The highest BCUT2D eigenvalue weighted by Gasteiger charge is 2.54. The Morgan fingerprint density at radius 1 is 0.729 bits per heavy atom. The Morgan fingerprint density at radius 2 is 1.29 bits per heavy atom. The van der Waals surface area contributed by atoms with Crippen LogP contribution in [0.5, 0.6) is 0 Å². The predicted molar refractivity (Wildman–Crippen MR) is 164 cm³/mol. The molecular weight excluding hydrogens is 632 g/mol. The van der Waals surface area contributed by atoms with Crippen LogP contribution in [-0.2, 0) is 79.8 Å². The van der Waals surface area contributed by atoms with Gasteiger partial charge in [-0.15, -0.1) is 0 Å². The number of methoxy groups -OCH3 is 1. The highest BCUT2D eigenvalue weighted by molar-refractivity contribution is 5.68. The molecule has 9 atom stereocenters. The van der Waals surface area contributed by atoms with Gasteiger partial charge >= 0.3 is 23.9 Å². The van der Waals surface area contributed by atoms with Crippen LogP contribution in [0.2, 0.25) is 0 Å². The molecule has 4 rings (SSSR count). The minimum absolute atomic E-state index is 0.0848. The van der Waals surface area contributed by atoms with Gasteiger partial charge in [0.15, 0.2) is 30.9 Å². The summed E-state index contributed by atoms with van der Waals surface area (Å²) in [5.74, 6) is -3.03. The summed E-state index contributed by atoms with van der Waals surface area (Å²) in [5.41, 5.74) is 1.80. The number of ether oxygens (including phenoxy) is 10. The standard InChI is InChI=1S/C34H42O14/c1-20(35)40-18-26(44-21(2)36)29(45-22(3)37)32(46-23(4)38)34-43-19-27-28(48-34)30(41-16-24-12-8-6-9-13-24)31(33(39-5)47-27)42-17-25-14-10-7-11-15-25/h6-15,26-34H,16-19H2,1-5H3/t26-,27+,28+,29-,30-,31+,32+,33-,34?/m0/s1. The van der Waals surface area contributed by atoms with E-state index in [-0.39, 0.29) is 19.8 Å². The van der Waals surface area contributed by atoms with E-state index in [0.717, 1.165) is 38.8 Å². The molecule has 0 aliphatic carbocycles. The molecule has 2 fully saturated rings. The lowest BCUT2D eigenvalue weighted by Gasteiger charge is -2.49. The van der Waals surface area contributed by atoms with E-state index in [2.05, 4.69) is 0 Å². The molecule has 14 heteroatoms. The van der Waals surface area contributed by atoms with Crippen molar-refractivity contribution in [2.24, 2.45) is 0 Å². The smallest absolute Gasteiger partial charge is 0.303 e. The first-order valence-electron chi connectivity index (χ1n) is 15.5. The SMILES string of the molecule is CO[C@H]1O[C@@H]2COC([C@H](OC(C)=O)[C@@H](OC(C)=O)[C@H](COC(C)=O)OC(C)=O)O[C@H]2[C@H](OCc2ccccc2)[C@H]1OCc1ccccc1. The average molecular weight is 675 g/mol. The van der Waals surface area contributed by atoms with Crippen molar-refractivity contribution >= 4 is 23.9 Å². The zero-order valence-corrected chi connectivity index (χ0v) is 27.5. The van der Waals surface area contributed by atoms with Crippen LogP contribution >= 0.6 is 0 Å². The molecule has 2 aromatic carbocycles. The van der Waals surface area contributed by atoms with Crippen molar-refractivity contribution in [2.45, 2.75) is 96.2 Å². The van der Waals surface area contributed by atoms with Gasteiger partial charge in [0, 0.05) is 34.8 Å². The molecule has 2 saturated heterocycles. The van der Waals surface area contributed by atoms with Crippen molar-refractivity contribution in [1.82, 2.24) is 0 Å². The number of fused-ring (bicyclic) bond motifs is 1. The van der Waals surface area contributed by atoms with E-state index in [1.807, 2.05) is 60.7 Å². The van der Waals surface area contributed by atoms with Crippen molar-refractivity contribution < 1.29 is 66.5 Å². The van der Waals surface area contributed by atoms with Crippen molar-refractivity contribution in [3.05, 3.63) is 71.8 Å². The van der Waals surface area contributed by atoms with Crippen LogP contribution < -0.4 is 0 Å². The molecular formula is C34H42O14. The minimum atomic E-state index is -1.51. The molecule has 2 aliphatic heterocycles. The first kappa shape index (κ1) is 36.9. The summed E-state index contributed by atoms with van der Waals surface area (Å²) < 4.78 is 58.8. The minimum Gasteiger partial charge on any atom is -0.462 e. The molecule has 14 nitrogen and oxygen atoms in total. The van der Waals surface area contributed by atoms with Gasteiger partial charge in [-0.25, -0.2) is 0 Å². The van der Waals surface area contributed by atoms with E-state index < -0.39 is 85.8 Å². The van der Waals surface area contributed by atoms with Crippen LogP contribution in [0.3, 0.4) is 0 Å². The van der Waals surface area contributed by atoms with Crippen LogP contribution in [0.4, 0.5) is 0 Å². The molecule has 2 aliphatic rings. The van der Waals surface area contributed by atoms with E-state index in [0.29, 0.717) is 0 Å². The van der Waals surface area contributed by atoms with Crippen molar-refractivity contribution in [2.75, 3.05) is 20.3 Å². The predicted octanol–water partition coefficient (Wildman–Crippen LogP) is 2.63. The van der Waals surface area contributed by atoms with Gasteiger partial charge in [-0.3, -0.25) is 19.2 Å². The van der Waals surface area contributed by atoms with Gasteiger partial charge in [0.1, 0.15) is 31.0 Å². The molecule has 48 heavy (non-hydrogen) atoms. The molecule has 0 N–H and O–H groups in total. The van der Waals surface area contributed by atoms with Crippen LogP contribution in [-0.4, -0.2) is 99.5 Å². The van der Waals surface area contributed by atoms with Gasteiger partial charge in [-0.1, -0.05) is 60.7 Å². The zero-order valence-electron chi connectivity index (χ0n) is 27.5. The summed E-state index contributed by atoms with van der Waals surface area (Å²) >= 11 is 0. The summed E-state index contributed by atoms with van der Waals surface area (Å²) in [5, 5.41) is 0. The van der Waals surface area contributed by atoms with Crippen molar-refractivity contribution in [3.63, 3.8) is 0 Å². The molecule has 0 amide bonds. The third-order valence-electron chi connectivity index (χ3n) is 7.44. The Kier molecular flexibility index (Phi) is 13.8. The monoisotopic (exact) mass is 674 g/mol. The van der Waals surface area contributed by atoms with Gasteiger partial charge < -0.3 is 47.4 Å². The number of carbonyl (C=O) groups excluding carboxylic acids is 4. The summed E-state index contributed by atoms with van der Waals surface area (Å²) in [6.45, 7) is 4.34. The lowest BCUT2D eigenvalue weighted by Crippen LogP contribution is -2.66. The number of hydrogen-bond acceptors (Lipinski definition) is 14. The largest absolute Gasteiger partial charge is 0.462 e. The molecule has 0 saturated carbocycles. The fraction of sp³-hybridized carbons (Fsp3) is 0.529. The average Bonchev–Trinajstić information content (AvgIpc) is 3.06. The van der Waals surface area contributed by atoms with E-state index in [9.17, 15) is 19.2 Å². The van der Waals surface area contributed by atoms with E-state index in [1.54, 1.807) is 0 Å². The second kappa shape index (κ2) is 18.0. The van der Waals surface area contributed by atoms with Gasteiger partial charge in [0.25, 0.3) is 0 Å². The molecule has 262 valence electrons. The summed E-state index contributed by atoms with van der Waals surface area (Å²) in [4.78, 5) is 48.4. The highest BCUT2D eigenvalue weighted by atomic mass is 16.8. The van der Waals surface area contributed by atoms with Crippen molar-refractivity contribution in [3.8, 4) is 0 Å². The van der Waals surface area contributed by atoms with Gasteiger partial charge in [-0.2, -0.15) is 0 Å². The maximum absolute atomic E-state index is 12.4. The Morgan fingerprint density at radius 3 is 1.81 bits per heavy atom. The van der Waals surface area contributed by atoms with Crippen LogP contribution in [0.1, 0.15) is 38.8 Å². The van der Waals surface area contributed by atoms with Crippen LogP contribution in [0.25, 0.3) is 0 Å². The summed E-state index contributed by atoms with van der Waals surface area (Å²) in [6, 6.07) is 19.0. The maximum Gasteiger partial charge on any atom is 0.303 e. The lowest BCUT2D eigenvalue weighted by molar-refractivity contribution is -0.380. The highest BCUT2D eigenvalue weighted by Crippen LogP contribution is 2.35. The zero-order chi connectivity index (χ0) is 34.6. The quantitative estimate of drug-likeness (QED) is 0.200. The first-order chi connectivity index (χ1) is 23.0. The Balaban J connectivity index is 1.67. The third kappa shape index (κ3) is 10.5. The van der Waals surface area contributed by atoms with Gasteiger partial charge in [0.2, 0.25) is 0 Å². The topological polar surface area (TPSA) is 161 Å². The molecule has 1 unspecified atom stereocenters. The van der Waals surface area contributed by atoms with Gasteiger partial charge in [0.05, 0.1) is 19.8 Å². The first-order valence-corrected chi connectivity index (χ1v) is 15.5. The number of esters is 4. The molecule has 2 heterocycles. The number of rotatable bonds is 15. The molecule has 2 aromatic rings. The van der Waals surface area contributed by atoms with Crippen LogP contribution in [0.15, 0.2) is 60.7 Å². The normalized spacial score (nSPS) is 25.4. The molecule has 0 radical (unpaired) electrons. The second-order valence-corrected chi connectivity index (χ2v) is 11.2. The van der Waals surface area contributed by atoms with Crippen LogP contribution in [0, 0.1) is 0 Å². The Hall–Kier alpha value is -3.92.